The highest BCUT2D eigenvalue weighted by atomic mass is 19.2. The first-order valence-electron chi connectivity index (χ1n) is 16.0. The number of likely N-dealkylation sites (tertiary alicyclic amines) is 1. The van der Waals surface area contributed by atoms with Gasteiger partial charge in [-0.3, -0.25) is 9.69 Å². The van der Waals surface area contributed by atoms with E-state index >= 15 is 0 Å². The van der Waals surface area contributed by atoms with Gasteiger partial charge in [-0.15, -0.1) is 0 Å². The Kier molecular flexibility index (Phi) is 10.7. The van der Waals surface area contributed by atoms with Gasteiger partial charge in [0.25, 0.3) is 5.91 Å². The third kappa shape index (κ3) is 7.53. The molecule has 2 aliphatic rings. The van der Waals surface area contributed by atoms with Crippen molar-refractivity contribution in [3.63, 3.8) is 0 Å². The Morgan fingerprint density at radius 3 is 2.16 bits per heavy atom. The van der Waals surface area contributed by atoms with E-state index in [1.807, 2.05) is 54.6 Å². The maximum Gasteiger partial charge on any atom is 0.257 e. The molecule has 2 aliphatic heterocycles. The molecule has 1 amide bonds. The summed E-state index contributed by atoms with van der Waals surface area (Å²) in [6.07, 6.45) is 1.33. The number of nitrogens with zero attached hydrogens (tertiary/aromatic N) is 1. The van der Waals surface area contributed by atoms with Crippen molar-refractivity contribution < 1.29 is 46.4 Å². The van der Waals surface area contributed by atoms with E-state index in [2.05, 4.69) is 10.2 Å². The summed E-state index contributed by atoms with van der Waals surface area (Å²) < 4.78 is 82.0. The normalized spacial score (nSPS) is 21.2. The van der Waals surface area contributed by atoms with Gasteiger partial charge in [0.15, 0.2) is 29.6 Å². The molecule has 6 rings (SSSR count). The molecule has 4 aromatic rings. The number of benzene rings is 4. The van der Waals surface area contributed by atoms with Crippen LogP contribution in [0, 0.1) is 29.1 Å². The summed E-state index contributed by atoms with van der Waals surface area (Å²) in [5, 5.41) is 21.6. The highest BCUT2D eigenvalue weighted by Gasteiger charge is 2.35. The van der Waals surface area contributed by atoms with E-state index in [9.17, 15) is 37.0 Å². The van der Waals surface area contributed by atoms with Gasteiger partial charge < -0.3 is 25.0 Å². The quantitative estimate of drug-likeness (QED) is 0.101. The van der Waals surface area contributed by atoms with Crippen LogP contribution < -0.4 is 5.32 Å². The van der Waals surface area contributed by atoms with Crippen molar-refractivity contribution in [3.8, 4) is 11.1 Å². The molecule has 4 aromatic carbocycles. The van der Waals surface area contributed by atoms with E-state index in [4.69, 9.17) is 9.47 Å². The molecule has 4 unspecified atom stereocenters. The minimum atomic E-state index is -2.34. The average molecular weight is 683 g/mol. The second-order valence-corrected chi connectivity index (χ2v) is 12.3. The number of aliphatic hydroxyl groups excluding tert-OH is 2. The first kappa shape index (κ1) is 34.7. The van der Waals surface area contributed by atoms with Gasteiger partial charge in [0.1, 0.15) is 5.56 Å². The van der Waals surface area contributed by atoms with Gasteiger partial charge in [0.05, 0.1) is 25.4 Å². The Morgan fingerprint density at radius 1 is 0.796 bits per heavy atom. The largest absolute Gasteiger partial charge is 0.395 e. The van der Waals surface area contributed by atoms with Crippen molar-refractivity contribution in [2.75, 3.05) is 19.7 Å². The number of hydrogen-bond donors (Lipinski definition) is 3. The molecule has 49 heavy (non-hydrogen) atoms. The minimum Gasteiger partial charge on any atom is -0.395 e. The van der Waals surface area contributed by atoms with Crippen LogP contribution >= 0.6 is 0 Å². The summed E-state index contributed by atoms with van der Waals surface area (Å²) in [7, 11) is 0. The van der Waals surface area contributed by atoms with Gasteiger partial charge >= 0.3 is 0 Å². The first-order valence-corrected chi connectivity index (χ1v) is 16.0. The molecule has 12 heteroatoms. The molecule has 2 saturated heterocycles. The van der Waals surface area contributed by atoms with Crippen molar-refractivity contribution in [2.45, 2.75) is 57.0 Å². The topological polar surface area (TPSA) is 91.3 Å². The zero-order valence-electron chi connectivity index (χ0n) is 26.4. The second-order valence-electron chi connectivity index (χ2n) is 12.3. The molecular formula is C37H35F5N2O5. The predicted octanol–water partition coefficient (Wildman–Crippen LogP) is 6.47. The fourth-order valence-corrected chi connectivity index (χ4v) is 6.44. The summed E-state index contributed by atoms with van der Waals surface area (Å²) >= 11 is 0. The van der Waals surface area contributed by atoms with Gasteiger partial charge in [-0.25, -0.2) is 22.0 Å². The molecule has 0 radical (unpaired) electrons. The SMILES string of the molecule is O=C(NCc1cccc(-c2cccc(C3OC(CN4CCCC4CO)CC(c4ccc(CO)cc4)O3)c2)c1)c1c(F)c(F)c(F)c(F)c1F. The van der Waals surface area contributed by atoms with Gasteiger partial charge in [-0.2, -0.15) is 0 Å². The summed E-state index contributed by atoms with van der Waals surface area (Å²) in [6, 6.07) is 22.1. The lowest BCUT2D eigenvalue weighted by atomic mass is 9.98. The Hall–Kier alpha value is -4.20. The van der Waals surface area contributed by atoms with Crippen LogP contribution in [0.5, 0.6) is 0 Å². The van der Waals surface area contributed by atoms with Gasteiger partial charge in [-0.1, -0.05) is 60.7 Å². The Labute approximate surface area is 279 Å². The smallest absolute Gasteiger partial charge is 0.257 e. The second kappa shape index (κ2) is 15.1. The number of carbonyl (C=O) groups excluding carboxylic acids is 1. The van der Waals surface area contributed by atoms with E-state index < -0.39 is 46.8 Å². The molecular weight excluding hydrogens is 647 g/mol. The lowest BCUT2D eigenvalue weighted by Crippen LogP contribution is -2.42. The zero-order valence-corrected chi connectivity index (χ0v) is 26.4. The molecule has 0 saturated carbocycles. The molecule has 258 valence electrons. The highest BCUT2D eigenvalue weighted by molar-refractivity contribution is 5.94. The highest BCUT2D eigenvalue weighted by Crippen LogP contribution is 2.39. The van der Waals surface area contributed by atoms with Crippen molar-refractivity contribution in [2.24, 2.45) is 0 Å². The lowest BCUT2D eigenvalue weighted by molar-refractivity contribution is -0.253. The Bertz CT molecular complexity index is 1780. The maximum atomic E-state index is 14.1. The molecule has 0 bridgehead atoms. The summed E-state index contributed by atoms with van der Waals surface area (Å²) in [4.78, 5) is 14.7. The maximum absolute atomic E-state index is 14.1. The molecule has 2 heterocycles. The van der Waals surface area contributed by atoms with Crippen LogP contribution in [0.4, 0.5) is 22.0 Å². The zero-order chi connectivity index (χ0) is 34.7. The number of amides is 1. The molecule has 0 spiro atoms. The van der Waals surface area contributed by atoms with Gasteiger partial charge in [0, 0.05) is 31.1 Å². The third-order valence-corrected chi connectivity index (χ3v) is 9.07. The van der Waals surface area contributed by atoms with Crippen LogP contribution in [0.3, 0.4) is 0 Å². The summed E-state index contributed by atoms with van der Waals surface area (Å²) in [5.74, 6) is -12.6. The van der Waals surface area contributed by atoms with E-state index in [0.29, 0.717) is 18.5 Å². The minimum absolute atomic E-state index is 0.0661. The molecule has 7 nitrogen and oxygen atoms in total. The van der Waals surface area contributed by atoms with Gasteiger partial charge in [0.2, 0.25) is 5.82 Å². The number of halogens is 5. The van der Waals surface area contributed by atoms with Crippen molar-refractivity contribution in [3.05, 3.63) is 130 Å². The average Bonchev–Trinajstić information content (AvgIpc) is 3.59. The van der Waals surface area contributed by atoms with E-state index in [1.54, 1.807) is 18.2 Å². The molecule has 2 fully saturated rings. The predicted molar refractivity (Wildman–Crippen MR) is 169 cm³/mol. The van der Waals surface area contributed by atoms with Gasteiger partial charge in [-0.05, 0) is 59.3 Å². The molecule has 0 aliphatic carbocycles. The van der Waals surface area contributed by atoms with Crippen LogP contribution in [-0.2, 0) is 22.6 Å². The first-order chi connectivity index (χ1) is 23.7. The molecule has 0 aromatic heterocycles. The number of carbonyl (C=O) groups is 1. The fraction of sp³-hybridized carbons (Fsp3) is 0.324. The number of rotatable bonds is 10. The number of aliphatic hydroxyl groups is 2. The number of ether oxygens (including phenoxy) is 2. The van der Waals surface area contributed by atoms with Crippen LogP contribution in [0.25, 0.3) is 11.1 Å². The van der Waals surface area contributed by atoms with E-state index in [0.717, 1.165) is 47.2 Å². The number of nitrogens with one attached hydrogen (secondary N) is 1. The summed E-state index contributed by atoms with van der Waals surface area (Å²) in [6.45, 7) is 1.28. The third-order valence-electron chi connectivity index (χ3n) is 9.07. The van der Waals surface area contributed by atoms with Crippen LogP contribution in [0.2, 0.25) is 0 Å². The lowest BCUT2D eigenvalue weighted by Gasteiger charge is -2.38. The monoisotopic (exact) mass is 682 g/mol. The molecule has 4 atom stereocenters. The van der Waals surface area contributed by atoms with Crippen LogP contribution in [-0.4, -0.2) is 52.9 Å². The van der Waals surface area contributed by atoms with Crippen LogP contribution in [0.1, 0.15) is 64.3 Å². The van der Waals surface area contributed by atoms with E-state index in [1.165, 1.54) is 0 Å². The van der Waals surface area contributed by atoms with E-state index in [-0.39, 0.29) is 38.0 Å². The fourth-order valence-electron chi connectivity index (χ4n) is 6.44. The van der Waals surface area contributed by atoms with Crippen molar-refractivity contribution in [1.82, 2.24) is 10.2 Å². The van der Waals surface area contributed by atoms with Crippen LogP contribution in [0.15, 0.2) is 72.8 Å². The standard InChI is InChI=1S/C37H35F5N2O5/c38-31-30(32(39)34(41)35(42)33(31)40)36(47)43-17-22-4-1-5-24(14-22)25-6-2-7-26(15-25)37-48-28(18-44-13-3-8-27(44)20-46)16-29(49-37)23-11-9-21(19-45)10-12-23/h1-2,4-7,9-12,14-15,27-29,37,45-46H,3,8,13,16-20H2,(H,43,47). The van der Waals surface area contributed by atoms with Crippen molar-refractivity contribution in [1.29, 1.82) is 0 Å². The Morgan fingerprint density at radius 2 is 1.47 bits per heavy atom. The Balaban J connectivity index is 1.21. The van der Waals surface area contributed by atoms with Crippen molar-refractivity contribution >= 4 is 5.91 Å². The summed E-state index contributed by atoms with van der Waals surface area (Å²) in [5.41, 5.74) is 2.97. The number of hydrogen-bond acceptors (Lipinski definition) is 6. The molecule has 3 N–H and O–H groups in total.